The smallest absolute Gasteiger partial charge is 0.0510 e. The van der Waals surface area contributed by atoms with Gasteiger partial charge in [0.1, 0.15) is 0 Å². The van der Waals surface area contributed by atoms with Gasteiger partial charge in [0.25, 0.3) is 0 Å². The second kappa shape index (κ2) is 3.48. The molecule has 1 aromatic carbocycles. The first-order valence-corrected chi connectivity index (χ1v) is 4.23. The second-order valence-corrected chi connectivity index (χ2v) is 3.11. The molecule has 64 valence electrons. The Labute approximate surface area is 92.8 Å². The average Bonchev–Trinajstić information content (AvgIpc) is 2.36. The molecule has 0 aromatic heterocycles. The molecule has 0 atom stereocenters. The molecule has 1 aromatic rings. The third-order valence-electron chi connectivity index (χ3n) is 1.49. The lowest BCUT2D eigenvalue weighted by Gasteiger charge is -2.18. The van der Waals surface area contributed by atoms with E-state index >= 15 is 0 Å². The van der Waals surface area contributed by atoms with Crippen LogP contribution in [-0.2, 0) is 0 Å². The average molecular weight is 234 g/mol. The van der Waals surface area contributed by atoms with E-state index in [0.29, 0.717) is 9.37 Å². The fourth-order valence-corrected chi connectivity index (χ4v) is 1.41. The molecule has 0 N–H and O–H groups in total. The predicted molar refractivity (Wildman–Crippen MR) is 55.6 cm³/mol. The fraction of sp³-hybridized carbons (Fsp3) is 0.400. The molecule has 0 bridgehead atoms. The molecule has 0 aliphatic carbocycles. The van der Waals surface area contributed by atoms with Crippen molar-refractivity contribution < 1.29 is 11.0 Å². The quantitative estimate of drug-likeness (QED) is 0.721. The lowest BCUT2D eigenvalue weighted by Crippen LogP contribution is -2.17. The zero-order valence-electron chi connectivity index (χ0n) is 14.1. The normalized spacial score (nSPS) is 43.6. The maximum absolute atomic E-state index is 7.91. The number of rotatable bonds is 1. The molecule has 2 heteroatoms. The van der Waals surface area contributed by atoms with E-state index in [2.05, 4.69) is 15.9 Å². The molecule has 1 heterocycles. The van der Waals surface area contributed by atoms with Crippen LogP contribution in [0, 0.1) is 0 Å². The molecular formula is C10H12BrN. The van der Waals surface area contributed by atoms with Crippen molar-refractivity contribution in [3.63, 3.8) is 0 Å². The molecule has 1 fully saturated rings. The molecule has 1 aliphatic rings. The van der Waals surface area contributed by atoms with Gasteiger partial charge in [-0.2, -0.15) is 0 Å². The molecule has 1 aliphatic heterocycles. The first-order valence-electron chi connectivity index (χ1n) is 7.44. The third kappa shape index (κ3) is 1.48. The Hall–Kier alpha value is -0.500. The van der Waals surface area contributed by atoms with Crippen molar-refractivity contribution in [2.45, 2.75) is 12.7 Å². The Balaban J connectivity index is 2.73. The number of benzene rings is 1. The summed E-state index contributed by atoms with van der Waals surface area (Å²) in [5.74, 6) is 0. The molecule has 1 saturated heterocycles. The Morgan fingerprint density at radius 3 is 2.58 bits per heavy atom. The molecule has 12 heavy (non-hydrogen) atoms. The fourth-order valence-electron chi connectivity index (χ4n) is 0.949. The largest absolute Gasteiger partial charge is 0.371 e. The number of nitrogens with zero attached hydrogens (tertiary/aromatic N) is 1. The number of para-hydroxylation sites is 1. The predicted octanol–water partition coefficient (Wildman–Crippen LogP) is 3.05. The molecule has 0 radical (unpaired) electrons. The lowest BCUT2D eigenvalue weighted by molar-refractivity contribution is 0.949. The van der Waals surface area contributed by atoms with Crippen molar-refractivity contribution in [2.24, 2.45) is 0 Å². The van der Waals surface area contributed by atoms with Crippen LogP contribution in [-0.4, -0.2) is 13.0 Å². The molecule has 0 unspecified atom stereocenters. The highest BCUT2D eigenvalue weighted by molar-refractivity contribution is 9.10. The number of anilines is 1. The van der Waals surface area contributed by atoms with Crippen molar-refractivity contribution >= 4 is 21.6 Å². The van der Waals surface area contributed by atoms with Crippen molar-refractivity contribution in [1.29, 1.82) is 0 Å². The number of hydrogen-bond donors (Lipinski definition) is 0. The Bertz CT molecular complexity index is 518. The minimum atomic E-state index is -3.02. The highest BCUT2D eigenvalue weighted by Gasteiger charge is 2.13. The van der Waals surface area contributed by atoms with Gasteiger partial charge < -0.3 is 4.90 Å². The maximum Gasteiger partial charge on any atom is 0.0510 e. The highest BCUT2D eigenvalue weighted by Crippen LogP contribution is 2.28. The standard InChI is InChI=1S/C10H12BrN/c11-9-5-1-2-6-10(9)12-7-3-4-8-12/h1-2,5-6H,3-4,7-8H2/i3D2,4D2,7D2,8D2. The summed E-state index contributed by atoms with van der Waals surface area (Å²) in [7, 11) is 0. The van der Waals surface area contributed by atoms with Gasteiger partial charge in [0.15, 0.2) is 0 Å². The van der Waals surface area contributed by atoms with Crippen LogP contribution < -0.4 is 4.90 Å². The molecule has 1 nitrogen and oxygen atoms in total. The van der Waals surface area contributed by atoms with Gasteiger partial charge in [0.2, 0.25) is 0 Å². The van der Waals surface area contributed by atoms with Crippen LogP contribution in [0.25, 0.3) is 0 Å². The minimum Gasteiger partial charge on any atom is -0.371 e. The van der Waals surface area contributed by atoms with Crippen LogP contribution in [0.3, 0.4) is 0 Å². The van der Waals surface area contributed by atoms with E-state index in [-0.39, 0.29) is 5.69 Å². The molecule has 0 spiro atoms. The minimum absolute atomic E-state index is 0.0627. The topological polar surface area (TPSA) is 3.24 Å². The lowest BCUT2D eigenvalue weighted by atomic mass is 10.3. The zero-order valence-corrected chi connectivity index (χ0v) is 7.72. The summed E-state index contributed by atoms with van der Waals surface area (Å²) in [6.45, 7) is -5.69. The summed E-state index contributed by atoms with van der Waals surface area (Å²) >= 11 is 3.16. The SMILES string of the molecule is [2H]C1([2H])N(c2ccccc2Br)C([2H])([2H])C([2H])([2H])C1([2H])[2H]. The van der Waals surface area contributed by atoms with Crippen molar-refractivity contribution in [3.05, 3.63) is 28.7 Å². The summed E-state index contributed by atoms with van der Waals surface area (Å²) in [6, 6.07) is 6.18. The van der Waals surface area contributed by atoms with Crippen molar-refractivity contribution in [1.82, 2.24) is 0 Å². The Morgan fingerprint density at radius 1 is 1.25 bits per heavy atom. The first kappa shape index (κ1) is 3.02. The van der Waals surface area contributed by atoms with Gasteiger partial charge in [0, 0.05) is 28.4 Å². The molecular weight excluding hydrogens is 214 g/mol. The van der Waals surface area contributed by atoms with Crippen LogP contribution in [0.5, 0.6) is 0 Å². The van der Waals surface area contributed by atoms with Crippen LogP contribution in [0.4, 0.5) is 5.69 Å². The summed E-state index contributed by atoms with van der Waals surface area (Å²) in [5, 5.41) is 0. The van der Waals surface area contributed by atoms with Gasteiger partial charge >= 0.3 is 0 Å². The zero-order chi connectivity index (χ0) is 15.6. The van der Waals surface area contributed by atoms with E-state index in [1.165, 1.54) is 6.07 Å². The van der Waals surface area contributed by atoms with Gasteiger partial charge in [-0.05, 0) is 40.8 Å². The van der Waals surface area contributed by atoms with Crippen LogP contribution >= 0.6 is 15.9 Å². The van der Waals surface area contributed by atoms with Gasteiger partial charge in [-0.3, -0.25) is 0 Å². The van der Waals surface area contributed by atoms with Crippen molar-refractivity contribution in [2.75, 3.05) is 17.9 Å². The molecule has 0 amide bonds. The maximum atomic E-state index is 7.91. The van der Waals surface area contributed by atoms with Crippen molar-refractivity contribution in [3.8, 4) is 0 Å². The van der Waals surface area contributed by atoms with E-state index in [1.54, 1.807) is 18.2 Å². The second-order valence-electron chi connectivity index (χ2n) is 2.26. The van der Waals surface area contributed by atoms with Crippen LogP contribution in [0.15, 0.2) is 28.7 Å². The molecule has 2 rings (SSSR count). The third-order valence-corrected chi connectivity index (χ3v) is 2.16. The first-order chi connectivity index (χ1) is 8.89. The molecule has 0 saturated carbocycles. The number of hydrogen-bond acceptors (Lipinski definition) is 1. The summed E-state index contributed by atoms with van der Waals surface area (Å²) in [6.07, 6.45) is -6.03. The highest BCUT2D eigenvalue weighted by atomic mass is 79.9. The van der Waals surface area contributed by atoms with E-state index in [4.69, 9.17) is 11.0 Å². The van der Waals surface area contributed by atoms with Gasteiger partial charge in [-0.25, -0.2) is 0 Å². The van der Waals surface area contributed by atoms with E-state index in [0.717, 1.165) is 0 Å². The van der Waals surface area contributed by atoms with Gasteiger partial charge in [-0.15, -0.1) is 0 Å². The van der Waals surface area contributed by atoms with Gasteiger partial charge in [-0.1, -0.05) is 12.1 Å². The summed E-state index contributed by atoms with van der Waals surface area (Å²) in [4.78, 5) is 0.532. The summed E-state index contributed by atoms with van der Waals surface area (Å²) in [5.41, 5.74) is 0.0627. The van der Waals surface area contributed by atoms with Crippen LogP contribution in [0.1, 0.15) is 23.7 Å². The monoisotopic (exact) mass is 233 g/mol. The van der Waals surface area contributed by atoms with E-state index in [1.807, 2.05) is 0 Å². The van der Waals surface area contributed by atoms with Crippen LogP contribution in [0.2, 0.25) is 0 Å². The Kier molecular flexibility index (Phi) is 0.875. The van der Waals surface area contributed by atoms with E-state index < -0.39 is 25.7 Å². The number of halogens is 1. The summed E-state index contributed by atoms with van der Waals surface area (Å²) < 4.78 is 62.9. The Morgan fingerprint density at radius 2 is 1.92 bits per heavy atom. The van der Waals surface area contributed by atoms with E-state index in [9.17, 15) is 0 Å². The van der Waals surface area contributed by atoms with Gasteiger partial charge in [0.05, 0.1) is 5.69 Å².